The summed E-state index contributed by atoms with van der Waals surface area (Å²) in [6.07, 6.45) is 5.62. The lowest BCUT2D eigenvalue weighted by Gasteiger charge is -2.12. The SMILES string of the molecule is C[C@@H](OC(=O)CCCC[C@H]1CCSS1)C(=O)c1c[nH]c2ccccc12. The van der Waals surface area contributed by atoms with E-state index in [4.69, 9.17) is 4.74 Å². The molecule has 0 radical (unpaired) electrons. The van der Waals surface area contributed by atoms with Crippen molar-refractivity contribution in [3.63, 3.8) is 0 Å². The van der Waals surface area contributed by atoms with Crippen molar-refractivity contribution in [1.82, 2.24) is 4.98 Å². The van der Waals surface area contributed by atoms with Gasteiger partial charge >= 0.3 is 5.97 Å². The molecule has 1 aromatic heterocycles. The minimum absolute atomic E-state index is 0.162. The minimum Gasteiger partial charge on any atom is -0.454 e. The second kappa shape index (κ2) is 8.81. The van der Waals surface area contributed by atoms with Crippen LogP contribution in [0.2, 0.25) is 0 Å². The maximum atomic E-state index is 12.6. The lowest BCUT2D eigenvalue weighted by Crippen LogP contribution is -2.24. The molecule has 0 unspecified atom stereocenters. The molecule has 0 spiro atoms. The predicted octanol–water partition coefficient (Wildman–Crippen LogP) is 5.00. The Morgan fingerprint density at radius 3 is 2.96 bits per heavy atom. The Balaban J connectivity index is 1.45. The molecule has 1 aliphatic heterocycles. The van der Waals surface area contributed by atoms with E-state index >= 15 is 0 Å². The third kappa shape index (κ3) is 4.82. The molecule has 6 heteroatoms. The van der Waals surface area contributed by atoms with Gasteiger partial charge in [0.1, 0.15) is 0 Å². The molecular formula is C19H23NO3S2. The van der Waals surface area contributed by atoms with Crippen molar-refractivity contribution in [3.05, 3.63) is 36.0 Å². The number of ether oxygens (including phenoxy) is 1. The van der Waals surface area contributed by atoms with Gasteiger partial charge in [-0.3, -0.25) is 9.59 Å². The summed E-state index contributed by atoms with van der Waals surface area (Å²) >= 11 is 0. The van der Waals surface area contributed by atoms with Gasteiger partial charge in [-0.15, -0.1) is 0 Å². The van der Waals surface area contributed by atoms with Crippen LogP contribution in [0, 0.1) is 0 Å². The van der Waals surface area contributed by atoms with E-state index in [0.717, 1.165) is 35.4 Å². The van der Waals surface area contributed by atoms with Crippen LogP contribution in [0.1, 0.15) is 49.4 Å². The zero-order valence-electron chi connectivity index (χ0n) is 14.3. The Morgan fingerprint density at radius 1 is 1.32 bits per heavy atom. The van der Waals surface area contributed by atoms with Crippen LogP contribution in [0.15, 0.2) is 30.5 Å². The van der Waals surface area contributed by atoms with Crippen molar-refractivity contribution in [2.45, 2.75) is 50.4 Å². The number of carbonyl (C=O) groups is 2. The van der Waals surface area contributed by atoms with E-state index in [-0.39, 0.29) is 11.8 Å². The fourth-order valence-corrected chi connectivity index (χ4v) is 6.04. The van der Waals surface area contributed by atoms with Crippen LogP contribution in [-0.4, -0.2) is 33.8 Å². The van der Waals surface area contributed by atoms with E-state index in [0.29, 0.717) is 12.0 Å². The van der Waals surface area contributed by atoms with E-state index in [9.17, 15) is 9.59 Å². The average Bonchev–Trinajstić information content (AvgIpc) is 3.27. The summed E-state index contributed by atoms with van der Waals surface area (Å²) in [5, 5.41) is 1.60. The number of ketones is 1. The van der Waals surface area contributed by atoms with Crippen LogP contribution in [0.4, 0.5) is 0 Å². The van der Waals surface area contributed by atoms with E-state index < -0.39 is 6.10 Å². The Morgan fingerprint density at radius 2 is 2.16 bits per heavy atom. The van der Waals surface area contributed by atoms with Crippen molar-refractivity contribution >= 4 is 44.2 Å². The molecule has 2 heterocycles. The van der Waals surface area contributed by atoms with E-state index in [2.05, 4.69) is 4.98 Å². The van der Waals surface area contributed by atoms with Crippen LogP contribution in [0.5, 0.6) is 0 Å². The number of H-pyrrole nitrogens is 1. The highest BCUT2D eigenvalue weighted by Gasteiger charge is 2.22. The van der Waals surface area contributed by atoms with Gasteiger partial charge in [-0.2, -0.15) is 0 Å². The van der Waals surface area contributed by atoms with Crippen molar-refractivity contribution < 1.29 is 14.3 Å². The lowest BCUT2D eigenvalue weighted by molar-refractivity contribution is -0.146. The molecule has 2 aromatic rings. The number of benzene rings is 1. The van der Waals surface area contributed by atoms with Gasteiger partial charge in [0.25, 0.3) is 0 Å². The predicted molar refractivity (Wildman–Crippen MR) is 105 cm³/mol. The third-order valence-electron chi connectivity index (χ3n) is 4.42. The molecule has 0 aliphatic carbocycles. The summed E-state index contributed by atoms with van der Waals surface area (Å²) < 4.78 is 5.35. The smallest absolute Gasteiger partial charge is 0.306 e. The molecule has 25 heavy (non-hydrogen) atoms. The molecule has 0 bridgehead atoms. The molecule has 1 aliphatic rings. The monoisotopic (exact) mass is 377 g/mol. The van der Waals surface area contributed by atoms with Gasteiger partial charge in [0.15, 0.2) is 6.10 Å². The van der Waals surface area contributed by atoms with E-state index in [1.54, 1.807) is 13.1 Å². The number of aromatic nitrogens is 1. The number of rotatable bonds is 8. The topological polar surface area (TPSA) is 59.2 Å². The highest BCUT2D eigenvalue weighted by molar-refractivity contribution is 8.77. The number of para-hydroxylation sites is 1. The Labute approximate surface area is 155 Å². The van der Waals surface area contributed by atoms with Gasteiger partial charge in [0.2, 0.25) is 5.78 Å². The third-order valence-corrected chi connectivity index (χ3v) is 7.42. The fourth-order valence-electron chi connectivity index (χ4n) is 3.01. The number of nitrogens with one attached hydrogen (secondary N) is 1. The molecule has 3 rings (SSSR count). The van der Waals surface area contributed by atoms with Crippen LogP contribution in [0.3, 0.4) is 0 Å². The molecule has 0 amide bonds. The van der Waals surface area contributed by atoms with Crippen molar-refractivity contribution in [1.29, 1.82) is 0 Å². The molecule has 4 nitrogen and oxygen atoms in total. The second-order valence-electron chi connectivity index (χ2n) is 6.32. The Kier molecular flexibility index (Phi) is 6.48. The molecule has 134 valence electrons. The quantitative estimate of drug-likeness (QED) is 0.304. The van der Waals surface area contributed by atoms with E-state index in [1.807, 2.05) is 45.9 Å². The first-order chi connectivity index (χ1) is 12.1. The number of esters is 1. The molecule has 2 atom stereocenters. The highest BCUT2D eigenvalue weighted by Crippen LogP contribution is 2.39. The van der Waals surface area contributed by atoms with Crippen LogP contribution in [-0.2, 0) is 9.53 Å². The van der Waals surface area contributed by atoms with Gasteiger partial charge in [-0.1, -0.05) is 46.2 Å². The molecule has 1 N–H and O–H groups in total. The number of Topliss-reactive ketones (excluding diaryl/α,β-unsaturated/α-hetero) is 1. The van der Waals surface area contributed by atoms with Gasteiger partial charge in [-0.25, -0.2) is 0 Å². The number of carbonyl (C=O) groups excluding carboxylic acids is 2. The second-order valence-corrected chi connectivity index (χ2v) is 9.11. The van der Waals surface area contributed by atoms with Gasteiger partial charge < -0.3 is 9.72 Å². The maximum Gasteiger partial charge on any atom is 0.306 e. The van der Waals surface area contributed by atoms with Crippen LogP contribution >= 0.6 is 21.6 Å². The Hall–Kier alpha value is -1.40. The number of aromatic amines is 1. The number of unbranched alkanes of at least 4 members (excludes halogenated alkanes) is 1. The Bertz CT molecular complexity index is 737. The van der Waals surface area contributed by atoms with Crippen LogP contribution in [0.25, 0.3) is 10.9 Å². The van der Waals surface area contributed by atoms with Gasteiger partial charge in [0.05, 0.1) is 0 Å². The van der Waals surface area contributed by atoms with Crippen LogP contribution < -0.4 is 0 Å². The molecule has 1 fully saturated rings. The minimum atomic E-state index is -0.756. The van der Waals surface area contributed by atoms with E-state index in [1.165, 1.54) is 12.2 Å². The summed E-state index contributed by atoms with van der Waals surface area (Å²) in [6, 6.07) is 7.63. The first-order valence-electron chi connectivity index (χ1n) is 8.73. The molecule has 0 saturated carbocycles. The largest absolute Gasteiger partial charge is 0.454 e. The van der Waals surface area contributed by atoms with Crippen molar-refractivity contribution in [2.75, 3.05) is 5.75 Å². The first kappa shape index (κ1) is 18.4. The zero-order chi connectivity index (χ0) is 17.6. The molecule has 1 aromatic carbocycles. The first-order valence-corrected chi connectivity index (χ1v) is 11.1. The highest BCUT2D eigenvalue weighted by atomic mass is 33.1. The number of hydrogen-bond donors (Lipinski definition) is 1. The molecular weight excluding hydrogens is 354 g/mol. The normalized spacial score (nSPS) is 18.4. The lowest BCUT2D eigenvalue weighted by atomic mass is 10.1. The standard InChI is InChI=1S/C19H23NO3S2/c1-13(19(22)16-12-20-17-8-4-3-7-15(16)17)23-18(21)9-5-2-6-14-10-11-24-25-14/h3-4,7-8,12-14,20H,2,5-6,9-11H2,1H3/t13-,14+/m1/s1. The van der Waals surface area contributed by atoms with Crippen molar-refractivity contribution in [3.8, 4) is 0 Å². The van der Waals surface area contributed by atoms with Gasteiger partial charge in [0, 0.05) is 40.1 Å². The fraction of sp³-hybridized carbons (Fsp3) is 0.474. The summed E-state index contributed by atoms with van der Waals surface area (Å²) in [5.41, 5.74) is 1.49. The van der Waals surface area contributed by atoms with Gasteiger partial charge in [-0.05, 0) is 32.3 Å². The summed E-state index contributed by atoms with van der Waals surface area (Å²) in [4.78, 5) is 27.6. The zero-order valence-corrected chi connectivity index (χ0v) is 16.0. The molecule has 1 saturated heterocycles. The summed E-state index contributed by atoms with van der Waals surface area (Å²) in [7, 11) is 3.91. The summed E-state index contributed by atoms with van der Waals surface area (Å²) in [5.74, 6) is 0.796. The van der Waals surface area contributed by atoms with Crippen molar-refractivity contribution in [2.24, 2.45) is 0 Å². The number of hydrogen-bond acceptors (Lipinski definition) is 5. The maximum absolute atomic E-state index is 12.6. The average molecular weight is 378 g/mol. The summed E-state index contributed by atoms with van der Waals surface area (Å²) in [6.45, 7) is 1.65. The number of fused-ring (bicyclic) bond motifs is 1.